The lowest BCUT2D eigenvalue weighted by Gasteiger charge is -2.32. The molecule has 94 valence electrons. The van der Waals surface area contributed by atoms with Crippen LogP contribution in [0.2, 0.25) is 0 Å². The molecule has 4 heteroatoms. The van der Waals surface area contributed by atoms with Crippen LogP contribution >= 0.6 is 0 Å². The Bertz CT molecular complexity index is 353. The fourth-order valence-corrected chi connectivity index (χ4v) is 2.34. The molecule has 1 saturated heterocycles. The van der Waals surface area contributed by atoms with Crippen LogP contribution in [-0.4, -0.2) is 40.5 Å². The van der Waals surface area contributed by atoms with E-state index in [1.165, 1.54) is 19.4 Å². The van der Waals surface area contributed by atoms with Crippen molar-refractivity contribution < 1.29 is 0 Å². The maximum Gasteiger partial charge on any atom is 0.129 e. The minimum absolute atomic E-state index is 0.531. The number of aryl methyl sites for hydroxylation is 1. The van der Waals surface area contributed by atoms with Gasteiger partial charge in [0, 0.05) is 24.3 Å². The van der Waals surface area contributed by atoms with Crippen molar-refractivity contribution in [3.05, 3.63) is 18.1 Å². The molecule has 0 saturated carbocycles. The number of hydrogen-bond donors (Lipinski definition) is 1. The van der Waals surface area contributed by atoms with E-state index >= 15 is 0 Å². The van der Waals surface area contributed by atoms with E-state index in [0.717, 1.165) is 31.0 Å². The van der Waals surface area contributed by atoms with Gasteiger partial charge < -0.3 is 10.2 Å². The molecule has 1 N–H and O–H groups in total. The molecule has 1 aromatic heterocycles. The minimum Gasteiger partial charge on any atom is -0.366 e. The van der Waals surface area contributed by atoms with E-state index in [2.05, 4.69) is 40.1 Å². The molecule has 2 rings (SSSR count). The third-order valence-corrected chi connectivity index (χ3v) is 3.39. The normalized spacial score (nSPS) is 21.4. The Morgan fingerprint density at radius 2 is 2.29 bits per heavy atom. The topological polar surface area (TPSA) is 41.0 Å². The number of aromatic nitrogens is 2. The first-order valence-corrected chi connectivity index (χ1v) is 6.61. The van der Waals surface area contributed by atoms with Crippen LogP contribution in [0.25, 0.3) is 0 Å². The van der Waals surface area contributed by atoms with Gasteiger partial charge in [0.2, 0.25) is 0 Å². The van der Waals surface area contributed by atoms with E-state index in [1.54, 1.807) is 6.33 Å². The van der Waals surface area contributed by atoms with Crippen molar-refractivity contribution in [2.75, 3.05) is 25.0 Å². The largest absolute Gasteiger partial charge is 0.366 e. The van der Waals surface area contributed by atoms with Crippen molar-refractivity contribution in [1.29, 1.82) is 0 Å². The van der Waals surface area contributed by atoms with Gasteiger partial charge in [0.1, 0.15) is 12.1 Å². The molecule has 1 aliphatic heterocycles. The van der Waals surface area contributed by atoms with Crippen LogP contribution in [-0.2, 0) is 6.42 Å². The number of hydrogen-bond acceptors (Lipinski definition) is 4. The van der Waals surface area contributed by atoms with Gasteiger partial charge in [-0.1, -0.05) is 13.8 Å². The van der Waals surface area contributed by atoms with Crippen molar-refractivity contribution in [3.8, 4) is 0 Å². The van der Waals surface area contributed by atoms with Gasteiger partial charge in [-0.25, -0.2) is 9.97 Å². The van der Waals surface area contributed by atoms with E-state index in [9.17, 15) is 0 Å². The number of anilines is 1. The molecule has 0 amide bonds. The van der Waals surface area contributed by atoms with E-state index in [-0.39, 0.29) is 0 Å². The Morgan fingerprint density at radius 3 is 3.06 bits per heavy atom. The van der Waals surface area contributed by atoms with Crippen LogP contribution in [0.3, 0.4) is 0 Å². The van der Waals surface area contributed by atoms with Gasteiger partial charge >= 0.3 is 0 Å². The number of nitrogens with one attached hydrogen (secondary N) is 1. The molecule has 1 fully saturated rings. The first kappa shape index (κ1) is 12.3. The molecular weight excluding hydrogens is 212 g/mol. The number of rotatable bonds is 4. The lowest BCUT2D eigenvalue weighted by molar-refractivity contribution is 0.226. The van der Waals surface area contributed by atoms with Crippen LogP contribution in [0, 0.1) is 0 Å². The fraction of sp³-hybridized carbons (Fsp3) is 0.692. The molecule has 1 atom stereocenters. The van der Waals surface area contributed by atoms with Crippen molar-refractivity contribution >= 4 is 5.82 Å². The average molecular weight is 234 g/mol. The van der Waals surface area contributed by atoms with Gasteiger partial charge in [-0.05, 0) is 32.4 Å². The Morgan fingerprint density at radius 1 is 1.41 bits per heavy atom. The lowest BCUT2D eigenvalue weighted by Crippen LogP contribution is -2.41. The number of piperidine rings is 1. The van der Waals surface area contributed by atoms with Gasteiger partial charge in [0.15, 0.2) is 0 Å². The van der Waals surface area contributed by atoms with Gasteiger partial charge in [-0.15, -0.1) is 0 Å². The molecule has 0 spiro atoms. The standard InChI is InChI=1S/C13H22N4/c1-3-11-8-13(15-10-14-11)16-12-6-5-7-17(4-2)9-12/h8,10,12H,3-7,9H2,1-2H3,(H,14,15,16). The number of likely N-dealkylation sites (tertiary alicyclic amines) is 1. The molecule has 4 nitrogen and oxygen atoms in total. The fourth-order valence-electron chi connectivity index (χ4n) is 2.34. The summed E-state index contributed by atoms with van der Waals surface area (Å²) < 4.78 is 0. The summed E-state index contributed by atoms with van der Waals surface area (Å²) >= 11 is 0. The molecule has 0 bridgehead atoms. The number of nitrogens with zero attached hydrogens (tertiary/aromatic N) is 3. The molecule has 1 aliphatic rings. The monoisotopic (exact) mass is 234 g/mol. The molecule has 0 aromatic carbocycles. The first-order valence-electron chi connectivity index (χ1n) is 6.61. The summed E-state index contributed by atoms with van der Waals surface area (Å²) in [5, 5.41) is 3.53. The third-order valence-electron chi connectivity index (χ3n) is 3.39. The third kappa shape index (κ3) is 3.40. The summed E-state index contributed by atoms with van der Waals surface area (Å²) in [4.78, 5) is 11.0. The average Bonchev–Trinajstić information content (AvgIpc) is 2.39. The van der Waals surface area contributed by atoms with Gasteiger partial charge in [0.25, 0.3) is 0 Å². The predicted octanol–water partition coefficient (Wildman–Crippen LogP) is 1.94. The summed E-state index contributed by atoms with van der Waals surface area (Å²) in [6.45, 7) is 7.84. The van der Waals surface area contributed by atoms with E-state index in [1.807, 2.05) is 0 Å². The maximum absolute atomic E-state index is 4.29. The van der Waals surface area contributed by atoms with E-state index < -0.39 is 0 Å². The Kier molecular flexibility index (Phi) is 4.31. The van der Waals surface area contributed by atoms with Crippen LogP contribution in [0.1, 0.15) is 32.4 Å². The van der Waals surface area contributed by atoms with Gasteiger partial charge in [-0.3, -0.25) is 0 Å². The van der Waals surface area contributed by atoms with Crippen LogP contribution in [0.5, 0.6) is 0 Å². The second-order valence-corrected chi connectivity index (χ2v) is 4.62. The molecule has 17 heavy (non-hydrogen) atoms. The summed E-state index contributed by atoms with van der Waals surface area (Å²) in [7, 11) is 0. The Labute approximate surface area is 103 Å². The van der Waals surface area contributed by atoms with E-state index in [4.69, 9.17) is 0 Å². The van der Waals surface area contributed by atoms with Crippen LogP contribution in [0.15, 0.2) is 12.4 Å². The highest BCUT2D eigenvalue weighted by Crippen LogP contribution is 2.14. The smallest absolute Gasteiger partial charge is 0.129 e. The van der Waals surface area contributed by atoms with Gasteiger partial charge in [0.05, 0.1) is 0 Å². The predicted molar refractivity (Wildman–Crippen MR) is 70.2 cm³/mol. The quantitative estimate of drug-likeness (QED) is 0.864. The highest BCUT2D eigenvalue weighted by molar-refractivity contribution is 5.36. The molecular formula is C13H22N4. The SMILES string of the molecule is CCc1cc(NC2CCCN(CC)C2)ncn1. The van der Waals surface area contributed by atoms with E-state index in [0.29, 0.717) is 6.04 Å². The Balaban J connectivity index is 1.95. The maximum atomic E-state index is 4.29. The molecule has 2 heterocycles. The second kappa shape index (κ2) is 5.96. The van der Waals surface area contributed by atoms with Crippen LogP contribution < -0.4 is 5.32 Å². The molecule has 0 aliphatic carbocycles. The lowest BCUT2D eigenvalue weighted by atomic mass is 10.1. The highest BCUT2D eigenvalue weighted by atomic mass is 15.2. The molecule has 1 unspecified atom stereocenters. The van der Waals surface area contributed by atoms with Crippen molar-refractivity contribution in [2.45, 2.75) is 39.2 Å². The molecule has 1 aromatic rings. The zero-order valence-corrected chi connectivity index (χ0v) is 10.8. The second-order valence-electron chi connectivity index (χ2n) is 4.62. The summed E-state index contributed by atoms with van der Waals surface area (Å²) in [6.07, 6.45) is 5.13. The van der Waals surface area contributed by atoms with Crippen molar-refractivity contribution in [2.24, 2.45) is 0 Å². The van der Waals surface area contributed by atoms with Gasteiger partial charge in [-0.2, -0.15) is 0 Å². The van der Waals surface area contributed by atoms with Crippen molar-refractivity contribution in [1.82, 2.24) is 14.9 Å². The zero-order valence-electron chi connectivity index (χ0n) is 10.8. The van der Waals surface area contributed by atoms with Crippen LogP contribution in [0.4, 0.5) is 5.82 Å². The Hall–Kier alpha value is -1.16. The zero-order chi connectivity index (χ0) is 12.1. The highest BCUT2D eigenvalue weighted by Gasteiger charge is 2.18. The molecule has 0 radical (unpaired) electrons. The first-order chi connectivity index (χ1) is 8.31. The summed E-state index contributed by atoms with van der Waals surface area (Å²) in [6, 6.07) is 2.59. The summed E-state index contributed by atoms with van der Waals surface area (Å²) in [5.74, 6) is 0.972. The summed E-state index contributed by atoms with van der Waals surface area (Å²) in [5.41, 5.74) is 1.10. The van der Waals surface area contributed by atoms with Crippen molar-refractivity contribution in [3.63, 3.8) is 0 Å². The minimum atomic E-state index is 0.531. The number of likely N-dealkylation sites (N-methyl/N-ethyl adjacent to an activating group) is 1.